The predicted molar refractivity (Wildman–Crippen MR) is 114 cm³/mol. The van der Waals surface area contributed by atoms with E-state index in [1.54, 1.807) is 32.0 Å². The monoisotopic (exact) mass is 501 g/mol. The van der Waals surface area contributed by atoms with Crippen molar-refractivity contribution in [2.75, 3.05) is 11.9 Å². The summed E-state index contributed by atoms with van der Waals surface area (Å²) < 4.78 is 86.5. The Hall–Kier alpha value is -3.21. The van der Waals surface area contributed by atoms with Gasteiger partial charge in [0.1, 0.15) is 5.75 Å². The third kappa shape index (κ3) is 3.91. The maximum atomic E-state index is 13.4. The van der Waals surface area contributed by atoms with Gasteiger partial charge in [0.15, 0.2) is 0 Å². The molecule has 0 aromatic heterocycles. The molecule has 0 radical (unpaired) electrons. The molecule has 5 nitrogen and oxygen atoms in total. The maximum absolute atomic E-state index is 13.4. The molecule has 188 valence electrons. The minimum atomic E-state index is -5.99. The Bertz CT molecular complexity index is 1190. The van der Waals surface area contributed by atoms with Crippen LogP contribution in [-0.4, -0.2) is 35.1 Å². The van der Waals surface area contributed by atoms with Gasteiger partial charge in [-0.25, -0.2) is 4.79 Å². The van der Waals surface area contributed by atoms with Crippen LogP contribution >= 0.6 is 0 Å². The predicted octanol–water partition coefficient (Wildman–Crippen LogP) is 5.55. The van der Waals surface area contributed by atoms with Crippen LogP contribution in [0.5, 0.6) is 5.75 Å². The van der Waals surface area contributed by atoms with Gasteiger partial charge in [-0.3, -0.25) is 0 Å². The molecule has 11 heteroatoms. The average Bonchev–Trinajstić information content (AvgIpc) is 2.75. The van der Waals surface area contributed by atoms with E-state index in [1.807, 2.05) is 0 Å². The van der Waals surface area contributed by atoms with Crippen molar-refractivity contribution in [3.05, 3.63) is 64.7 Å². The zero-order valence-electron chi connectivity index (χ0n) is 18.5. The maximum Gasteiger partial charge on any atom is 0.430 e. The summed E-state index contributed by atoms with van der Waals surface area (Å²) in [6.45, 7) is 3.52. The summed E-state index contributed by atoms with van der Waals surface area (Å²) in [5.74, 6) is -0.997. The zero-order chi connectivity index (χ0) is 26.0. The van der Waals surface area contributed by atoms with E-state index in [2.05, 4.69) is 5.32 Å². The van der Waals surface area contributed by atoms with Crippen LogP contribution in [0.25, 0.3) is 6.08 Å². The van der Waals surface area contributed by atoms with Crippen molar-refractivity contribution in [2.24, 2.45) is 5.92 Å². The van der Waals surface area contributed by atoms with Gasteiger partial charge in [0.25, 0.3) is 5.60 Å². The number of anilines is 1. The molecule has 0 saturated carbocycles. The summed E-state index contributed by atoms with van der Waals surface area (Å²) in [4.78, 5) is 10.9. The van der Waals surface area contributed by atoms with Gasteiger partial charge in [-0.05, 0) is 41.5 Å². The molecule has 0 spiro atoms. The molecule has 0 saturated heterocycles. The van der Waals surface area contributed by atoms with Crippen molar-refractivity contribution in [1.82, 2.24) is 0 Å². The number of halogens is 6. The van der Waals surface area contributed by atoms with E-state index < -0.39 is 46.9 Å². The van der Waals surface area contributed by atoms with Crippen LogP contribution in [0.4, 0.5) is 32.0 Å². The van der Waals surface area contributed by atoms with Crippen molar-refractivity contribution in [3.63, 3.8) is 0 Å². The van der Waals surface area contributed by atoms with Crippen molar-refractivity contribution in [1.29, 1.82) is 0 Å². The number of rotatable bonds is 3. The third-order valence-electron chi connectivity index (χ3n) is 6.80. The van der Waals surface area contributed by atoms with Crippen molar-refractivity contribution < 1.29 is 46.1 Å². The van der Waals surface area contributed by atoms with Gasteiger partial charge in [0.05, 0.1) is 12.6 Å². The van der Waals surface area contributed by atoms with Gasteiger partial charge in [0, 0.05) is 34.2 Å². The number of aliphatic carboxylic acids is 1. The fourth-order valence-electron chi connectivity index (χ4n) is 4.79. The molecule has 2 aliphatic heterocycles. The van der Waals surface area contributed by atoms with E-state index in [4.69, 9.17) is 9.84 Å². The van der Waals surface area contributed by atoms with Crippen molar-refractivity contribution >= 4 is 17.7 Å². The second-order valence-corrected chi connectivity index (χ2v) is 9.20. The highest BCUT2D eigenvalue weighted by molar-refractivity contribution is 5.85. The number of carboxylic acid groups (broad SMARTS) is 1. The molecule has 3 N–H and O–H groups in total. The number of ether oxygens (including phenoxy) is 1. The van der Waals surface area contributed by atoms with Gasteiger partial charge in [-0.2, -0.15) is 26.3 Å². The molecule has 2 aliphatic rings. The number of benzene rings is 2. The number of nitrogens with one attached hydrogen (secondary N) is 1. The molecule has 2 atom stereocenters. The lowest BCUT2D eigenvalue weighted by atomic mass is 9.64. The number of carbonyl (C=O) groups is 1. The SMILES string of the molecule is CC1(C)c2cc(C(O)(C(F)(F)F)C(F)(F)F)ccc2NC2c3cc(C=CC(=O)O)ccc3OCC21. The van der Waals surface area contributed by atoms with Crippen LogP contribution in [-0.2, 0) is 15.8 Å². The van der Waals surface area contributed by atoms with Gasteiger partial charge >= 0.3 is 18.3 Å². The van der Waals surface area contributed by atoms with Crippen LogP contribution in [0, 0.1) is 5.92 Å². The number of aliphatic hydroxyl groups is 1. The number of carboxylic acids is 1. The van der Waals surface area contributed by atoms with E-state index in [-0.39, 0.29) is 12.2 Å². The van der Waals surface area contributed by atoms with E-state index in [1.165, 1.54) is 6.08 Å². The minimum absolute atomic E-state index is 0.133. The minimum Gasteiger partial charge on any atom is -0.493 e. The van der Waals surface area contributed by atoms with Crippen molar-refractivity contribution in [3.8, 4) is 5.75 Å². The first-order valence-corrected chi connectivity index (χ1v) is 10.5. The third-order valence-corrected chi connectivity index (χ3v) is 6.80. The lowest BCUT2D eigenvalue weighted by molar-refractivity contribution is -0.376. The lowest BCUT2D eigenvalue weighted by Crippen LogP contribution is -2.54. The summed E-state index contributed by atoms with van der Waals surface area (Å²) in [6.07, 6.45) is -9.60. The first-order valence-electron chi connectivity index (χ1n) is 10.5. The molecule has 0 fully saturated rings. The van der Waals surface area contributed by atoms with Gasteiger partial charge < -0.3 is 20.3 Å². The van der Waals surface area contributed by atoms with Gasteiger partial charge in [-0.15, -0.1) is 0 Å². The quantitative estimate of drug-likeness (QED) is 0.380. The molecule has 4 rings (SSSR count). The highest BCUT2D eigenvalue weighted by atomic mass is 19.4. The zero-order valence-corrected chi connectivity index (χ0v) is 18.5. The Balaban J connectivity index is 1.81. The fraction of sp³-hybridized carbons (Fsp3) is 0.375. The van der Waals surface area contributed by atoms with Crippen LogP contribution in [0.15, 0.2) is 42.5 Å². The lowest BCUT2D eigenvalue weighted by Gasteiger charge is -2.49. The van der Waals surface area contributed by atoms with Crippen LogP contribution in [0.2, 0.25) is 0 Å². The molecule has 2 unspecified atom stereocenters. The van der Waals surface area contributed by atoms with E-state index in [0.29, 0.717) is 28.6 Å². The Morgan fingerprint density at radius 1 is 1.09 bits per heavy atom. The van der Waals surface area contributed by atoms with E-state index >= 15 is 0 Å². The molecule has 35 heavy (non-hydrogen) atoms. The summed E-state index contributed by atoms with van der Waals surface area (Å²) in [6, 6.07) is 7.13. The van der Waals surface area contributed by atoms with E-state index in [9.17, 15) is 36.2 Å². The molecular weight excluding hydrogens is 480 g/mol. The second-order valence-electron chi connectivity index (χ2n) is 9.20. The standard InChI is InChI=1S/C24H21F6NO4/c1-21(2)15-10-13(22(34,23(25,26)27)24(28,29)30)5-6-17(15)31-20-14-9-12(4-8-19(32)33)3-7-18(14)35-11-16(20)21/h3-10,16,20,31,34H,11H2,1-2H3,(H,32,33). The van der Waals surface area contributed by atoms with E-state index in [0.717, 1.165) is 18.2 Å². The van der Waals surface area contributed by atoms with Gasteiger partial charge in [0.2, 0.25) is 0 Å². The largest absolute Gasteiger partial charge is 0.493 e. The fourth-order valence-corrected chi connectivity index (χ4v) is 4.79. The van der Waals surface area contributed by atoms with Crippen LogP contribution < -0.4 is 10.1 Å². The number of hydrogen-bond donors (Lipinski definition) is 3. The second kappa shape index (κ2) is 7.91. The highest BCUT2D eigenvalue weighted by Gasteiger charge is 2.71. The first-order chi connectivity index (χ1) is 16.1. The van der Waals surface area contributed by atoms with Crippen LogP contribution in [0.3, 0.4) is 0 Å². The molecule has 0 aliphatic carbocycles. The smallest absolute Gasteiger partial charge is 0.430 e. The Kier molecular flexibility index (Phi) is 5.62. The summed E-state index contributed by atoms with van der Waals surface area (Å²) in [7, 11) is 0. The Labute approximate surface area is 196 Å². The summed E-state index contributed by atoms with van der Waals surface area (Å²) in [5, 5.41) is 21.9. The Morgan fingerprint density at radius 3 is 2.34 bits per heavy atom. The topological polar surface area (TPSA) is 78.8 Å². The molecular formula is C24H21F6NO4. The summed E-state index contributed by atoms with van der Waals surface area (Å²) in [5.41, 5.74) is -5.53. The average molecular weight is 501 g/mol. The van der Waals surface area contributed by atoms with Gasteiger partial charge in [-0.1, -0.05) is 26.0 Å². The summed E-state index contributed by atoms with van der Waals surface area (Å²) >= 11 is 0. The highest BCUT2D eigenvalue weighted by Crippen LogP contribution is 2.55. The normalized spacial score (nSPS) is 21.4. The molecule has 0 bridgehead atoms. The van der Waals surface area contributed by atoms with Crippen LogP contribution in [0.1, 0.15) is 42.1 Å². The number of fused-ring (bicyclic) bond motifs is 4. The number of hydrogen-bond acceptors (Lipinski definition) is 4. The molecule has 2 aromatic carbocycles. The van der Waals surface area contributed by atoms with Crippen molar-refractivity contribution in [2.45, 2.75) is 43.3 Å². The number of alkyl halides is 6. The molecule has 2 aromatic rings. The molecule has 0 amide bonds. The first kappa shape index (κ1) is 24.9. The molecule has 2 heterocycles. The Morgan fingerprint density at radius 2 is 1.74 bits per heavy atom.